The molecule has 2 nitrogen and oxygen atoms in total. The van der Waals surface area contributed by atoms with E-state index in [1.165, 1.54) is 31.2 Å². The van der Waals surface area contributed by atoms with Gasteiger partial charge < -0.3 is 4.74 Å². The normalized spacial score (nSPS) is 36.0. The highest BCUT2D eigenvalue weighted by Gasteiger charge is 2.62. The summed E-state index contributed by atoms with van der Waals surface area (Å²) in [4.78, 5) is 0. The van der Waals surface area contributed by atoms with Crippen molar-refractivity contribution in [1.29, 1.82) is 5.26 Å². The van der Waals surface area contributed by atoms with Crippen LogP contribution in [0, 0.1) is 28.6 Å². The molecule has 0 N–H and O–H groups in total. The van der Waals surface area contributed by atoms with Crippen molar-refractivity contribution in [2.24, 2.45) is 17.3 Å². The summed E-state index contributed by atoms with van der Waals surface area (Å²) in [7, 11) is 1.70. The monoisotopic (exact) mass is 371 g/mol. The average molecular weight is 372 g/mol. The van der Waals surface area contributed by atoms with E-state index in [2.05, 4.69) is 49.4 Å². The Morgan fingerprint density at radius 2 is 1.79 bits per heavy atom. The van der Waals surface area contributed by atoms with Crippen molar-refractivity contribution >= 4 is 0 Å². The molecule has 0 aromatic heterocycles. The molecule has 3 aliphatic rings. The number of hydrogen-bond donors (Lipinski definition) is 0. The third-order valence-corrected chi connectivity index (χ3v) is 8.61. The topological polar surface area (TPSA) is 33.0 Å². The fraction of sp³-hybridized carbons (Fsp3) is 0.500. The molecule has 28 heavy (non-hydrogen) atoms. The molecule has 144 valence electrons. The summed E-state index contributed by atoms with van der Waals surface area (Å²) < 4.78 is 5.35. The standard InChI is InChI=1S/C26H29NO/c1-25-15-13-22-21-6-4-3-5-18(21)7-12-23(22)24(25)14-16-26(25,17-27)19-8-10-20(28-2)11-9-19/h3-6,8-11,22-24H,7,12-16H2,1-2H3/t22-,23-,24+,25+,26+/m1/s1. The van der Waals surface area contributed by atoms with Gasteiger partial charge in [-0.1, -0.05) is 43.3 Å². The largest absolute Gasteiger partial charge is 0.497 e. The first-order valence-electron chi connectivity index (χ1n) is 10.8. The molecule has 0 amide bonds. The van der Waals surface area contributed by atoms with Gasteiger partial charge in [0, 0.05) is 0 Å². The molecule has 2 fully saturated rings. The number of nitrogens with zero attached hydrogens (tertiary/aromatic N) is 1. The van der Waals surface area contributed by atoms with E-state index in [0.29, 0.717) is 11.8 Å². The van der Waals surface area contributed by atoms with Crippen LogP contribution in [0.25, 0.3) is 0 Å². The zero-order chi connectivity index (χ0) is 19.4. The van der Waals surface area contributed by atoms with Crippen molar-refractivity contribution in [3.05, 3.63) is 65.2 Å². The molecule has 0 spiro atoms. The lowest BCUT2D eigenvalue weighted by atomic mass is 9.50. The molecule has 2 saturated carbocycles. The Morgan fingerprint density at radius 1 is 1.00 bits per heavy atom. The molecule has 0 bridgehead atoms. The van der Waals surface area contributed by atoms with Crippen LogP contribution in [-0.2, 0) is 11.8 Å². The number of ether oxygens (including phenoxy) is 1. The van der Waals surface area contributed by atoms with E-state index in [0.717, 1.165) is 24.5 Å². The minimum atomic E-state index is -0.369. The van der Waals surface area contributed by atoms with Crippen molar-refractivity contribution in [1.82, 2.24) is 0 Å². The van der Waals surface area contributed by atoms with Gasteiger partial charge in [-0.2, -0.15) is 5.26 Å². The molecule has 0 saturated heterocycles. The first kappa shape index (κ1) is 17.8. The van der Waals surface area contributed by atoms with Crippen LogP contribution in [0.1, 0.15) is 61.6 Å². The Hall–Kier alpha value is -2.27. The minimum absolute atomic E-state index is 0.0593. The van der Waals surface area contributed by atoms with E-state index in [1.807, 2.05) is 12.1 Å². The summed E-state index contributed by atoms with van der Waals surface area (Å²) in [5.74, 6) is 2.92. The lowest BCUT2D eigenvalue weighted by Crippen LogP contribution is -2.48. The molecule has 0 radical (unpaired) electrons. The average Bonchev–Trinajstić information content (AvgIpc) is 3.07. The van der Waals surface area contributed by atoms with Crippen LogP contribution in [-0.4, -0.2) is 7.11 Å². The SMILES string of the molecule is COc1ccc([C@@]2(C#N)CC[C@H]3[C@@H]4CCc5ccccc5[C@H]4CC[C@@]32C)cc1. The van der Waals surface area contributed by atoms with Crippen LogP contribution in [0.5, 0.6) is 5.75 Å². The van der Waals surface area contributed by atoms with E-state index < -0.39 is 0 Å². The van der Waals surface area contributed by atoms with Crippen molar-refractivity contribution in [3.63, 3.8) is 0 Å². The summed E-state index contributed by atoms with van der Waals surface area (Å²) >= 11 is 0. The molecule has 2 heteroatoms. The highest BCUT2D eigenvalue weighted by molar-refractivity contribution is 5.43. The Bertz CT molecular complexity index is 926. The molecule has 5 rings (SSSR count). The van der Waals surface area contributed by atoms with Crippen molar-refractivity contribution < 1.29 is 4.74 Å². The van der Waals surface area contributed by atoms with Gasteiger partial charge in [0.1, 0.15) is 5.75 Å². The van der Waals surface area contributed by atoms with Gasteiger partial charge in [0.05, 0.1) is 18.6 Å². The lowest BCUT2D eigenvalue weighted by molar-refractivity contribution is 0.0294. The number of nitriles is 1. The van der Waals surface area contributed by atoms with Crippen molar-refractivity contribution in [2.45, 2.75) is 56.8 Å². The van der Waals surface area contributed by atoms with E-state index in [4.69, 9.17) is 4.74 Å². The Labute approximate surface area is 168 Å². The van der Waals surface area contributed by atoms with Gasteiger partial charge in [0.2, 0.25) is 0 Å². The molecule has 0 heterocycles. The maximum atomic E-state index is 10.5. The number of fused-ring (bicyclic) bond motifs is 5. The van der Waals surface area contributed by atoms with Gasteiger partial charge in [0.15, 0.2) is 0 Å². The number of rotatable bonds is 2. The molecule has 5 atom stereocenters. The van der Waals surface area contributed by atoms with Crippen molar-refractivity contribution in [3.8, 4) is 11.8 Å². The maximum absolute atomic E-state index is 10.5. The summed E-state index contributed by atoms with van der Waals surface area (Å²) in [5, 5.41) is 10.5. The summed E-state index contributed by atoms with van der Waals surface area (Å²) in [6.45, 7) is 2.43. The highest BCUT2D eigenvalue weighted by atomic mass is 16.5. The van der Waals surface area contributed by atoms with Gasteiger partial charge in [-0.15, -0.1) is 0 Å². The molecule has 0 aliphatic heterocycles. The predicted molar refractivity (Wildman–Crippen MR) is 111 cm³/mol. The third kappa shape index (κ3) is 2.26. The quantitative estimate of drug-likeness (QED) is 0.647. The number of hydrogen-bond acceptors (Lipinski definition) is 2. The van der Waals surface area contributed by atoms with Crippen molar-refractivity contribution in [2.75, 3.05) is 7.11 Å². The first-order valence-corrected chi connectivity index (χ1v) is 10.8. The van der Waals surface area contributed by atoms with Crippen LogP contribution in [0.3, 0.4) is 0 Å². The summed E-state index contributed by atoms with van der Waals surface area (Å²) in [6.07, 6.45) is 7.01. The minimum Gasteiger partial charge on any atom is -0.497 e. The third-order valence-electron chi connectivity index (χ3n) is 8.61. The van der Waals surface area contributed by atoms with Gasteiger partial charge in [-0.3, -0.25) is 0 Å². The smallest absolute Gasteiger partial charge is 0.118 e. The lowest BCUT2D eigenvalue weighted by Gasteiger charge is -2.53. The number of methoxy groups -OCH3 is 1. The van der Waals surface area contributed by atoms with Gasteiger partial charge in [-0.25, -0.2) is 0 Å². The Kier molecular flexibility index (Phi) is 4.05. The zero-order valence-electron chi connectivity index (χ0n) is 16.9. The fourth-order valence-corrected chi connectivity index (χ4v) is 7.16. The zero-order valence-corrected chi connectivity index (χ0v) is 16.9. The highest BCUT2D eigenvalue weighted by Crippen LogP contribution is 2.67. The van der Waals surface area contributed by atoms with Gasteiger partial charge in [0.25, 0.3) is 0 Å². The number of benzene rings is 2. The Balaban J connectivity index is 1.54. The molecule has 0 unspecified atom stereocenters. The predicted octanol–water partition coefficient (Wildman–Crippen LogP) is 6.01. The van der Waals surface area contributed by atoms with Crippen LogP contribution < -0.4 is 4.74 Å². The number of aryl methyl sites for hydroxylation is 1. The Morgan fingerprint density at radius 3 is 2.54 bits per heavy atom. The van der Waals surface area contributed by atoms with Gasteiger partial charge >= 0.3 is 0 Å². The van der Waals surface area contributed by atoms with Crippen LogP contribution in [0.4, 0.5) is 0 Å². The molecular formula is C26H29NO. The molecule has 3 aliphatic carbocycles. The van der Waals surface area contributed by atoms with E-state index in [9.17, 15) is 5.26 Å². The summed E-state index contributed by atoms with van der Waals surface area (Å²) in [6, 6.07) is 20.2. The maximum Gasteiger partial charge on any atom is 0.118 e. The van der Waals surface area contributed by atoms with Crippen LogP contribution in [0.15, 0.2) is 48.5 Å². The van der Waals surface area contributed by atoms with Crippen LogP contribution >= 0.6 is 0 Å². The fourth-order valence-electron chi connectivity index (χ4n) is 7.16. The first-order chi connectivity index (χ1) is 13.6. The van der Waals surface area contributed by atoms with Crippen LogP contribution in [0.2, 0.25) is 0 Å². The molecular weight excluding hydrogens is 342 g/mol. The molecule has 2 aromatic rings. The van der Waals surface area contributed by atoms with E-state index in [-0.39, 0.29) is 10.8 Å². The van der Waals surface area contributed by atoms with Gasteiger partial charge in [-0.05, 0) is 90.5 Å². The second kappa shape index (κ2) is 6.38. The molecule has 2 aromatic carbocycles. The second-order valence-electron chi connectivity index (χ2n) is 9.35. The van der Waals surface area contributed by atoms with E-state index in [1.54, 1.807) is 18.2 Å². The van der Waals surface area contributed by atoms with E-state index >= 15 is 0 Å². The summed E-state index contributed by atoms with van der Waals surface area (Å²) in [5.41, 5.74) is 4.04. The second-order valence-corrected chi connectivity index (χ2v) is 9.35.